The van der Waals surface area contributed by atoms with Gasteiger partial charge < -0.3 is 10.7 Å². The van der Waals surface area contributed by atoms with Crippen molar-refractivity contribution < 1.29 is 8.42 Å². The molecule has 9 nitrogen and oxygen atoms in total. The summed E-state index contributed by atoms with van der Waals surface area (Å²) in [5.41, 5.74) is 3.69. The third-order valence-corrected chi connectivity index (χ3v) is 3.50. The van der Waals surface area contributed by atoms with Crippen molar-refractivity contribution in [2.75, 3.05) is 10.5 Å². The number of pyridine rings is 1. The van der Waals surface area contributed by atoms with E-state index in [1.165, 1.54) is 18.3 Å². The molecule has 0 aliphatic carbocycles. The molecule has 0 saturated heterocycles. The zero-order chi connectivity index (χ0) is 14.0. The number of hydrogen-bond donors (Lipinski definition) is 4. The molecule has 0 aliphatic rings. The summed E-state index contributed by atoms with van der Waals surface area (Å²) >= 11 is 0. The molecule has 0 fully saturated rings. The summed E-state index contributed by atoms with van der Waals surface area (Å²) in [5, 5.41) is 0. The van der Waals surface area contributed by atoms with Crippen LogP contribution in [0.25, 0.3) is 0 Å². The van der Waals surface area contributed by atoms with Gasteiger partial charge in [0.15, 0.2) is 4.90 Å². The zero-order valence-electron chi connectivity index (χ0n) is 9.38. The molecule has 0 bridgehead atoms. The third-order valence-electron chi connectivity index (χ3n) is 2.11. The van der Waals surface area contributed by atoms with Gasteiger partial charge in [-0.3, -0.25) is 14.5 Å². The van der Waals surface area contributed by atoms with Crippen LogP contribution in [0.2, 0.25) is 0 Å². The normalized spacial score (nSPS) is 11.2. The molecule has 2 aromatic rings. The van der Waals surface area contributed by atoms with Crippen LogP contribution in [0.5, 0.6) is 0 Å². The molecule has 0 spiro atoms. The van der Waals surface area contributed by atoms with Crippen molar-refractivity contribution in [2.45, 2.75) is 4.90 Å². The molecule has 0 aromatic carbocycles. The van der Waals surface area contributed by atoms with E-state index in [1.807, 2.05) is 4.98 Å². The van der Waals surface area contributed by atoms with Gasteiger partial charge in [0.1, 0.15) is 5.82 Å². The Balaban J connectivity index is 2.40. The van der Waals surface area contributed by atoms with Crippen LogP contribution >= 0.6 is 0 Å². The van der Waals surface area contributed by atoms with E-state index < -0.39 is 26.2 Å². The molecule has 0 aliphatic heterocycles. The molecule has 0 amide bonds. The van der Waals surface area contributed by atoms with Crippen molar-refractivity contribution >= 4 is 21.5 Å². The largest absolute Gasteiger partial charge is 0.384 e. The minimum atomic E-state index is -4.12. The molecule has 10 heteroatoms. The molecule has 2 heterocycles. The predicted molar refractivity (Wildman–Crippen MR) is 67.1 cm³/mol. The van der Waals surface area contributed by atoms with Crippen LogP contribution in [0.3, 0.4) is 0 Å². The number of anilines is 2. The van der Waals surface area contributed by atoms with Gasteiger partial charge in [0.05, 0.1) is 11.9 Å². The lowest BCUT2D eigenvalue weighted by Crippen LogP contribution is -2.29. The Morgan fingerprint density at radius 3 is 2.58 bits per heavy atom. The van der Waals surface area contributed by atoms with Crippen molar-refractivity contribution in [2.24, 2.45) is 0 Å². The number of aromatic amines is 2. The number of nitrogens with one attached hydrogen (secondary N) is 3. The first kappa shape index (κ1) is 12.8. The number of nitrogen functional groups attached to an aromatic ring is 1. The maximum absolute atomic E-state index is 11.9. The van der Waals surface area contributed by atoms with Gasteiger partial charge in [-0.15, -0.1) is 0 Å². The van der Waals surface area contributed by atoms with Crippen LogP contribution in [0.15, 0.2) is 39.0 Å². The fraction of sp³-hybridized carbons (Fsp3) is 0. The van der Waals surface area contributed by atoms with E-state index in [1.54, 1.807) is 0 Å². The summed E-state index contributed by atoms with van der Waals surface area (Å²) in [6, 6.07) is 2.79. The second-order valence-electron chi connectivity index (χ2n) is 3.51. The van der Waals surface area contributed by atoms with E-state index in [0.29, 0.717) is 0 Å². The number of hydrogen-bond acceptors (Lipinski definition) is 6. The van der Waals surface area contributed by atoms with Gasteiger partial charge in [-0.2, -0.15) is 0 Å². The highest BCUT2D eigenvalue weighted by Gasteiger charge is 2.18. The molecular weight excluding hydrogens is 274 g/mol. The first-order chi connectivity index (χ1) is 8.88. The minimum absolute atomic E-state index is 0.139. The van der Waals surface area contributed by atoms with Gasteiger partial charge in [-0.1, -0.05) is 0 Å². The molecule has 100 valence electrons. The van der Waals surface area contributed by atoms with Crippen LogP contribution in [0, 0.1) is 0 Å². The number of aromatic nitrogens is 3. The lowest BCUT2D eigenvalue weighted by atomic mass is 10.4. The van der Waals surface area contributed by atoms with Gasteiger partial charge in [0.2, 0.25) is 0 Å². The monoisotopic (exact) mass is 283 g/mol. The average Bonchev–Trinajstić information content (AvgIpc) is 2.31. The fourth-order valence-electron chi connectivity index (χ4n) is 1.27. The van der Waals surface area contributed by atoms with E-state index in [2.05, 4.69) is 14.7 Å². The fourth-order valence-corrected chi connectivity index (χ4v) is 2.32. The lowest BCUT2D eigenvalue weighted by molar-refractivity contribution is 0.599. The zero-order valence-corrected chi connectivity index (χ0v) is 10.2. The molecule has 0 unspecified atom stereocenters. The number of rotatable bonds is 3. The summed E-state index contributed by atoms with van der Waals surface area (Å²) in [7, 11) is -4.12. The molecular formula is C9H9N5O4S. The highest BCUT2D eigenvalue weighted by molar-refractivity contribution is 7.92. The van der Waals surface area contributed by atoms with Crippen LogP contribution < -0.4 is 21.7 Å². The van der Waals surface area contributed by atoms with Crippen molar-refractivity contribution in [3.63, 3.8) is 0 Å². The Morgan fingerprint density at radius 2 is 2.00 bits per heavy atom. The predicted octanol–water partition coefficient (Wildman–Crippen LogP) is -1.16. The number of sulfonamides is 1. The van der Waals surface area contributed by atoms with Gasteiger partial charge in [-0.05, 0) is 12.1 Å². The van der Waals surface area contributed by atoms with Crippen molar-refractivity contribution in [3.05, 3.63) is 45.4 Å². The van der Waals surface area contributed by atoms with E-state index in [4.69, 9.17) is 5.73 Å². The molecule has 0 saturated carbocycles. The van der Waals surface area contributed by atoms with Crippen molar-refractivity contribution in [1.82, 2.24) is 15.0 Å². The van der Waals surface area contributed by atoms with Crippen LogP contribution in [-0.4, -0.2) is 23.4 Å². The number of nitrogens with two attached hydrogens (primary N) is 1. The first-order valence-electron chi connectivity index (χ1n) is 4.95. The standard InChI is InChI=1S/C9H9N5O4S/c10-7-2-1-5(3-11-7)14-19(17,18)6-4-12-9(16)13-8(6)15/h1-4,14H,(H2,10,11)(H2,12,13,15,16). The smallest absolute Gasteiger partial charge is 0.325 e. The summed E-state index contributed by atoms with van der Waals surface area (Å²) in [4.78, 5) is 29.2. The summed E-state index contributed by atoms with van der Waals surface area (Å²) in [6.45, 7) is 0. The maximum atomic E-state index is 11.9. The van der Waals surface area contributed by atoms with Gasteiger partial charge in [-0.25, -0.2) is 18.2 Å². The van der Waals surface area contributed by atoms with Crippen molar-refractivity contribution in [3.8, 4) is 0 Å². The summed E-state index contributed by atoms with van der Waals surface area (Å²) in [6.07, 6.45) is 2.01. The topological polar surface area (TPSA) is 151 Å². The van der Waals surface area contributed by atoms with E-state index in [0.717, 1.165) is 6.20 Å². The Kier molecular flexibility index (Phi) is 3.09. The second-order valence-corrected chi connectivity index (χ2v) is 5.16. The summed E-state index contributed by atoms with van der Waals surface area (Å²) in [5.74, 6) is 0.227. The highest BCUT2D eigenvalue weighted by Crippen LogP contribution is 2.12. The molecule has 5 N–H and O–H groups in total. The molecule has 0 atom stereocenters. The Bertz CT molecular complexity index is 805. The van der Waals surface area contributed by atoms with Crippen molar-refractivity contribution in [1.29, 1.82) is 0 Å². The first-order valence-corrected chi connectivity index (χ1v) is 6.43. The van der Waals surface area contributed by atoms with Crippen LogP contribution in [-0.2, 0) is 10.0 Å². The summed E-state index contributed by atoms with van der Waals surface area (Å²) < 4.78 is 25.9. The molecule has 19 heavy (non-hydrogen) atoms. The molecule has 0 radical (unpaired) electrons. The van der Waals surface area contributed by atoms with Gasteiger partial charge in [0.25, 0.3) is 15.6 Å². The highest BCUT2D eigenvalue weighted by atomic mass is 32.2. The maximum Gasteiger partial charge on any atom is 0.325 e. The van der Waals surface area contributed by atoms with E-state index in [9.17, 15) is 18.0 Å². The molecule has 2 aromatic heterocycles. The van der Waals surface area contributed by atoms with E-state index >= 15 is 0 Å². The SMILES string of the molecule is Nc1ccc(NS(=O)(=O)c2c[nH]c(=O)[nH]c2=O)cn1. The lowest BCUT2D eigenvalue weighted by Gasteiger charge is -2.06. The van der Waals surface area contributed by atoms with Crippen LogP contribution in [0.4, 0.5) is 11.5 Å². The average molecular weight is 283 g/mol. The minimum Gasteiger partial charge on any atom is -0.384 e. The van der Waals surface area contributed by atoms with Crippen LogP contribution in [0.1, 0.15) is 0 Å². The van der Waals surface area contributed by atoms with E-state index in [-0.39, 0.29) is 11.5 Å². The van der Waals surface area contributed by atoms with Gasteiger partial charge in [0, 0.05) is 6.20 Å². The Morgan fingerprint density at radius 1 is 1.26 bits per heavy atom. The molecule has 2 rings (SSSR count). The Labute approximate surface area is 106 Å². The van der Waals surface area contributed by atoms with Gasteiger partial charge >= 0.3 is 5.69 Å². The number of nitrogens with zero attached hydrogens (tertiary/aromatic N) is 1. The third kappa shape index (κ3) is 2.80. The Hall–Kier alpha value is -2.62. The number of H-pyrrole nitrogens is 2. The second kappa shape index (κ2) is 4.57. The quantitative estimate of drug-likeness (QED) is 0.558.